The quantitative estimate of drug-likeness (QED) is 0.709. The highest BCUT2D eigenvalue weighted by Crippen LogP contribution is 2.29. The number of rotatable bonds is 2. The molecular formula is C15H10F3NO2S. The predicted molar refractivity (Wildman–Crippen MR) is 75.4 cm³/mol. The van der Waals surface area contributed by atoms with Gasteiger partial charge in [0, 0.05) is 12.7 Å². The lowest BCUT2D eigenvalue weighted by molar-refractivity contribution is -0.191. The first-order valence-electron chi connectivity index (χ1n) is 6.13. The first kappa shape index (κ1) is 16.0. The van der Waals surface area contributed by atoms with Gasteiger partial charge in [-0.1, -0.05) is 12.1 Å². The number of carbonyl (C=O) groups excluding carboxylic acids is 2. The number of alkyl halides is 3. The van der Waals surface area contributed by atoms with Gasteiger partial charge in [-0.2, -0.15) is 22.8 Å². The molecule has 0 fully saturated rings. The van der Waals surface area contributed by atoms with Crippen LogP contribution in [0.3, 0.4) is 0 Å². The fourth-order valence-electron chi connectivity index (χ4n) is 2.05. The molecule has 22 heavy (non-hydrogen) atoms. The average Bonchev–Trinajstić information content (AvgIpc) is 3.04. The molecule has 0 aliphatic rings. The number of fused-ring (bicyclic) bond motifs is 1. The number of aromatic nitrogens is 1. The Morgan fingerprint density at radius 1 is 1.05 bits per heavy atom. The van der Waals surface area contributed by atoms with Gasteiger partial charge in [0.05, 0.1) is 15.8 Å². The van der Waals surface area contributed by atoms with E-state index in [4.69, 9.17) is 9.59 Å². The van der Waals surface area contributed by atoms with E-state index in [1.165, 1.54) is 16.8 Å². The average molecular weight is 325 g/mol. The summed E-state index contributed by atoms with van der Waals surface area (Å²) in [7, 11) is 0. The highest BCUT2D eigenvalue weighted by Gasteiger charge is 2.29. The van der Waals surface area contributed by atoms with Crippen LogP contribution in [0, 0.1) is 0 Å². The summed E-state index contributed by atoms with van der Waals surface area (Å²) in [6, 6.07) is 9.35. The second-order valence-corrected chi connectivity index (χ2v) is 5.34. The van der Waals surface area contributed by atoms with Gasteiger partial charge in [-0.05, 0) is 35.2 Å². The van der Waals surface area contributed by atoms with Crippen LogP contribution in [0.15, 0.2) is 48.0 Å². The molecule has 0 bridgehead atoms. The van der Waals surface area contributed by atoms with Crippen LogP contribution >= 0.6 is 11.3 Å². The number of benzene rings is 1. The van der Waals surface area contributed by atoms with E-state index >= 15 is 0 Å². The largest absolute Gasteiger partial charge is 0.416 e. The summed E-state index contributed by atoms with van der Waals surface area (Å²) in [4.78, 5) is 16.2. The van der Waals surface area contributed by atoms with Gasteiger partial charge in [0.2, 0.25) is 0 Å². The molecule has 2 heterocycles. The number of thiophene rings is 1. The zero-order valence-electron chi connectivity index (χ0n) is 11.1. The van der Waals surface area contributed by atoms with Gasteiger partial charge < -0.3 is 4.57 Å². The van der Waals surface area contributed by atoms with E-state index in [1.807, 2.05) is 28.3 Å². The molecule has 3 nitrogen and oxygen atoms in total. The van der Waals surface area contributed by atoms with Gasteiger partial charge in [0.15, 0.2) is 0 Å². The molecule has 1 aromatic carbocycles. The maximum atomic E-state index is 12.5. The van der Waals surface area contributed by atoms with Crippen molar-refractivity contribution in [2.75, 3.05) is 0 Å². The Balaban J connectivity index is 0.000000545. The summed E-state index contributed by atoms with van der Waals surface area (Å²) in [5, 5.41) is 2.01. The SMILES string of the molecule is FC(F)(F)c1ccc(Cn2ccc3sccc32)cc1.O=C=O. The molecule has 0 spiro atoms. The zero-order valence-corrected chi connectivity index (χ0v) is 11.9. The van der Waals surface area contributed by atoms with Gasteiger partial charge >= 0.3 is 12.3 Å². The molecule has 0 aliphatic carbocycles. The third-order valence-electron chi connectivity index (χ3n) is 3.02. The molecule has 0 radical (unpaired) electrons. The van der Waals surface area contributed by atoms with Crippen LogP contribution in [-0.2, 0) is 22.3 Å². The molecule has 0 saturated heterocycles. The van der Waals surface area contributed by atoms with Crippen LogP contribution < -0.4 is 0 Å². The maximum Gasteiger partial charge on any atom is 0.416 e. The van der Waals surface area contributed by atoms with E-state index in [9.17, 15) is 13.2 Å². The Kier molecular flexibility index (Phi) is 4.80. The van der Waals surface area contributed by atoms with Crippen molar-refractivity contribution in [1.82, 2.24) is 4.57 Å². The Hall–Kier alpha value is -2.37. The fraction of sp³-hybridized carbons (Fsp3) is 0.133. The third-order valence-corrected chi connectivity index (χ3v) is 3.89. The van der Waals surface area contributed by atoms with E-state index < -0.39 is 11.7 Å². The molecule has 114 valence electrons. The van der Waals surface area contributed by atoms with E-state index in [0.717, 1.165) is 23.2 Å². The molecule has 0 saturated carbocycles. The molecule has 3 aromatic rings. The van der Waals surface area contributed by atoms with Crippen molar-refractivity contribution in [3.63, 3.8) is 0 Å². The van der Waals surface area contributed by atoms with E-state index in [1.54, 1.807) is 11.3 Å². The van der Waals surface area contributed by atoms with Crippen LogP contribution in [0.25, 0.3) is 10.2 Å². The molecule has 0 aliphatic heterocycles. The van der Waals surface area contributed by atoms with E-state index in [-0.39, 0.29) is 6.15 Å². The molecule has 3 rings (SSSR count). The Morgan fingerprint density at radius 3 is 2.27 bits per heavy atom. The third kappa shape index (κ3) is 3.63. The minimum Gasteiger partial charge on any atom is -0.342 e. The molecule has 0 atom stereocenters. The normalized spacial score (nSPS) is 10.9. The highest BCUT2D eigenvalue weighted by molar-refractivity contribution is 7.17. The van der Waals surface area contributed by atoms with Crippen molar-refractivity contribution in [1.29, 1.82) is 0 Å². The van der Waals surface area contributed by atoms with Crippen LogP contribution in [0.2, 0.25) is 0 Å². The minimum atomic E-state index is -4.27. The predicted octanol–water partition coefficient (Wildman–Crippen LogP) is 4.19. The van der Waals surface area contributed by atoms with E-state index in [2.05, 4.69) is 0 Å². The number of halogens is 3. The Bertz CT molecular complexity index is 781. The molecule has 0 amide bonds. The van der Waals surface area contributed by atoms with Gasteiger partial charge in [0.1, 0.15) is 0 Å². The van der Waals surface area contributed by atoms with Crippen LogP contribution in [0.1, 0.15) is 11.1 Å². The van der Waals surface area contributed by atoms with Crippen molar-refractivity contribution in [3.8, 4) is 0 Å². The molecule has 7 heteroatoms. The Morgan fingerprint density at radius 2 is 1.68 bits per heavy atom. The van der Waals surface area contributed by atoms with Crippen molar-refractivity contribution in [2.45, 2.75) is 12.7 Å². The smallest absolute Gasteiger partial charge is 0.342 e. The minimum absolute atomic E-state index is 0.250. The van der Waals surface area contributed by atoms with Crippen LogP contribution in [0.4, 0.5) is 13.2 Å². The summed E-state index contributed by atoms with van der Waals surface area (Å²) < 4.78 is 40.6. The Labute approximate surface area is 127 Å². The molecule has 2 aromatic heterocycles. The second kappa shape index (κ2) is 6.60. The van der Waals surface area contributed by atoms with Crippen molar-refractivity contribution in [2.24, 2.45) is 0 Å². The standard InChI is InChI=1S/C14H10F3NS.CO2/c15-14(16,17)11-3-1-10(2-4-11)9-18-7-5-13-12(18)6-8-19-13;2-1-3/h1-8H,9H2;. The molecule has 0 N–H and O–H groups in total. The van der Waals surface area contributed by atoms with E-state index in [0.29, 0.717) is 6.54 Å². The number of hydrogen-bond donors (Lipinski definition) is 0. The van der Waals surface area contributed by atoms with Crippen LogP contribution in [-0.4, -0.2) is 10.7 Å². The summed E-state index contributed by atoms with van der Waals surface area (Å²) in [5.74, 6) is 0. The zero-order chi connectivity index (χ0) is 16.2. The molecule has 0 unspecified atom stereocenters. The lowest BCUT2D eigenvalue weighted by atomic mass is 10.1. The second-order valence-electron chi connectivity index (χ2n) is 4.39. The topological polar surface area (TPSA) is 39.1 Å². The van der Waals surface area contributed by atoms with Gasteiger partial charge in [0.25, 0.3) is 0 Å². The van der Waals surface area contributed by atoms with Crippen molar-refractivity contribution >= 4 is 27.7 Å². The van der Waals surface area contributed by atoms with Gasteiger partial charge in [-0.15, -0.1) is 11.3 Å². The maximum absolute atomic E-state index is 12.5. The highest BCUT2D eigenvalue weighted by atomic mass is 32.1. The summed E-state index contributed by atoms with van der Waals surface area (Å²) in [5.41, 5.74) is 1.37. The summed E-state index contributed by atoms with van der Waals surface area (Å²) in [6.45, 7) is 0.582. The summed E-state index contributed by atoms with van der Waals surface area (Å²) >= 11 is 1.65. The first-order chi connectivity index (χ1) is 10.5. The van der Waals surface area contributed by atoms with Gasteiger partial charge in [-0.25, -0.2) is 0 Å². The number of hydrogen-bond acceptors (Lipinski definition) is 3. The monoisotopic (exact) mass is 325 g/mol. The van der Waals surface area contributed by atoms with Crippen molar-refractivity contribution in [3.05, 3.63) is 59.1 Å². The van der Waals surface area contributed by atoms with Crippen LogP contribution in [0.5, 0.6) is 0 Å². The van der Waals surface area contributed by atoms with Crippen molar-refractivity contribution < 1.29 is 22.8 Å². The van der Waals surface area contributed by atoms with Gasteiger partial charge in [-0.3, -0.25) is 0 Å². The first-order valence-corrected chi connectivity index (χ1v) is 7.01. The number of nitrogens with zero attached hydrogens (tertiary/aromatic N) is 1. The summed E-state index contributed by atoms with van der Waals surface area (Å²) in [6.07, 6.45) is -2.06. The lowest BCUT2D eigenvalue weighted by Gasteiger charge is -2.08. The lowest BCUT2D eigenvalue weighted by Crippen LogP contribution is -2.05. The fourth-order valence-corrected chi connectivity index (χ4v) is 2.84. The molecular weight excluding hydrogens is 315 g/mol.